The van der Waals surface area contributed by atoms with Gasteiger partial charge in [0, 0.05) is 6.42 Å². The van der Waals surface area contributed by atoms with Gasteiger partial charge in [-0.3, -0.25) is 0 Å². The molecule has 0 amide bonds. The molecule has 1 heterocycles. The highest BCUT2D eigenvalue weighted by atomic mass is 35.5. The molecule has 16 heavy (non-hydrogen) atoms. The number of aliphatic carboxylic acids is 1. The van der Waals surface area contributed by atoms with Gasteiger partial charge in [0.1, 0.15) is 0 Å². The third kappa shape index (κ3) is 2.18. The Balaban J connectivity index is 2.20. The molecule has 0 fully saturated rings. The van der Waals surface area contributed by atoms with E-state index in [1.165, 1.54) is 0 Å². The van der Waals surface area contributed by atoms with E-state index in [2.05, 4.69) is 0 Å². The molecule has 0 saturated heterocycles. The van der Waals surface area contributed by atoms with Gasteiger partial charge in [0.05, 0.1) is 0 Å². The molecular formula is C10H8Cl2O4. The van der Waals surface area contributed by atoms with Crippen molar-refractivity contribution in [3.8, 4) is 11.5 Å². The lowest BCUT2D eigenvalue weighted by Gasteiger charge is -2.13. The predicted molar refractivity (Wildman–Crippen MR) is 58.3 cm³/mol. The van der Waals surface area contributed by atoms with E-state index in [-0.39, 0.29) is 13.2 Å². The maximum atomic E-state index is 10.7. The van der Waals surface area contributed by atoms with Crippen molar-refractivity contribution in [1.29, 1.82) is 0 Å². The number of halogens is 2. The summed E-state index contributed by atoms with van der Waals surface area (Å²) in [5.74, 6) is -0.0608. The summed E-state index contributed by atoms with van der Waals surface area (Å²) in [7, 11) is 0. The number of carbonyl (C=O) groups is 1. The van der Waals surface area contributed by atoms with Crippen LogP contribution in [0.25, 0.3) is 0 Å². The Hall–Kier alpha value is -1.13. The van der Waals surface area contributed by atoms with Crippen molar-refractivity contribution in [2.24, 2.45) is 0 Å². The number of hydrogen-bond donors (Lipinski definition) is 1. The van der Waals surface area contributed by atoms with E-state index >= 15 is 0 Å². The minimum atomic E-state index is -1.83. The second-order valence-electron chi connectivity index (χ2n) is 3.37. The molecule has 1 aliphatic heterocycles. The Labute approximate surface area is 102 Å². The monoisotopic (exact) mass is 262 g/mol. The van der Waals surface area contributed by atoms with Crippen molar-refractivity contribution in [3.05, 3.63) is 23.8 Å². The fourth-order valence-corrected chi connectivity index (χ4v) is 1.69. The summed E-state index contributed by atoms with van der Waals surface area (Å²) in [5.41, 5.74) is 0.677. The van der Waals surface area contributed by atoms with Gasteiger partial charge in [-0.2, -0.15) is 0 Å². The maximum Gasteiger partial charge on any atom is 0.340 e. The van der Waals surface area contributed by atoms with Crippen molar-refractivity contribution in [3.63, 3.8) is 0 Å². The smallest absolute Gasteiger partial charge is 0.340 e. The minimum Gasteiger partial charge on any atom is -0.479 e. The number of benzene rings is 1. The van der Waals surface area contributed by atoms with Gasteiger partial charge in [0.2, 0.25) is 11.1 Å². The second kappa shape index (κ2) is 4.03. The third-order valence-electron chi connectivity index (χ3n) is 2.18. The summed E-state index contributed by atoms with van der Waals surface area (Å²) in [6, 6.07) is 5.07. The standard InChI is InChI=1S/C10H8Cl2O4/c11-10(12,9(13)14)4-6-1-2-7-8(3-6)16-5-15-7/h1-3H,4-5H2,(H,13,14). The summed E-state index contributed by atoms with van der Waals surface area (Å²) < 4.78 is 8.46. The van der Waals surface area contributed by atoms with Gasteiger partial charge in [-0.15, -0.1) is 0 Å². The molecule has 1 aromatic carbocycles. The molecule has 0 bridgehead atoms. The number of rotatable bonds is 3. The Kier molecular flexibility index (Phi) is 2.86. The van der Waals surface area contributed by atoms with Gasteiger partial charge in [-0.1, -0.05) is 29.3 Å². The zero-order chi connectivity index (χ0) is 11.8. The number of alkyl halides is 2. The van der Waals surface area contributed by atoms with Crippen LogP contribution in [-0.4, -0.2) is 22.2 Å². The van der Waals surface area contributed by atoms with Crippen LogP contribution in [0, 0.1) is 0 Å². The van der Waals surface area contributed by atoms with E-state index in [1.807, 2.05) is 0 Å². The fraction of sp³-hybridized carbons (Fsp3) is 0.300. The second-order valence-corrected chi connectivity index (χ2v) is 4.86. The third-order valence-corrected chi connectivity index (χ3v) is 2.77. The first-order valence-corrected chi connectivity index (χ1v) is 5.24. The first-order valence-electron chi connectivity index (χ1n) is 4.49. The summed E-state index contributed by atoms with van der Waals surface area (Å²) >= 11 is 11.3. The molecule has 0 aliphatic carbocycles. The van der Waals surface area contributed by atoms with Crippen LogP contribution in [0.15, 0.2) is 18.2 Å². The molecule has 0 radical (unpaired) electrons. The summed E-state index contributed by atoms with van der Waals surface area (Å²) in [6.45, 7) is 0.171. The topological polar surface area (TPSA) is 55.8 Å². The maximum absolute atomic E-state index is 10.7. The first-order chi connectivity index (χ1) is 7.49. The molecule has 0 unspecified atom stereocenters. The van der Waals surface area contributed by atoms with E-state index in [9.17, 15) is 4.79 Å². The van der Waals surface area contributed by atoms with E-state index in [0.717, 1.165) is 0 Å². The molecule has 1 aromatic rings. The van der Waals surface area contributed by atoms with Crippen LogP contribution in [0.1, 0.15) is 5.56 Å². The molecule has 1 aliphatic rings. The molecule has 0 saturated carbocycles. The van der Waals surface area contributed by atoms with Gasteiger partial charge < -0.3 is 14.6 Å². The highest BCUT2D eigenvalue weighted by Gasteiger charge is 2.34. The molecule has 6 heteroatoms. The predicted octanol–water partition coefficient (Wildman–Crippen LogP) is 2.22. The molecule has 0 atom stereocenters. The van der Waals surface area contributed by atoms with Gasteiger partial charge in [0.25, 0.3) is 0 Å². The normalized spacial score (nSPS) is 13.9. The van der Waals surface area contributed by atoms with Crippen LogP contribution in [0.5, 0.6) is 11.5 Å². The summed E-state index contributed by atoms with van der Waals surface area (Å²) in [5, 5.41) is 8.78. The highest BCUT2D eigenvalue weighted by Crippen LogP contribution is 2.35. The molecule has 1 N–H and O–H groups in total. The van der Waals surface area contributed by atoms with E-state index in [4.69, 9.17) is 37.8 Å². The number of hydrogen-bond acceptors (Lipinski definition) is 3. The van der Waals surface area contributed by atoms with E-state index < -0.39 is 10.3 Å². The van der Waals surface area contributed by atoms with Crippen LogP contribution in [0.3, 0.4) is 0 Å². The van der Waals surface area contributed by atoms with E-state index in [1.54, 1.807) is 18.2 Å². The van der Waals surface area contributed by atoms with Gasteiger partial charge in [-0.25, -0.2) is 4.79 Å². The SMILES string of the molecule is O=C(O)C(Cl)(Cl)Cc1ccc2c(c1)OCO2. The lowest BCUT2D eigenvalue weighted by molar-refractivity contribution is -0.137. The van der Waals surface area contributed by atoms with Crippen molar-refractivity contribution in [1.82, 2.24) is 0 Å². The van der Waals surface area contributed by atoms with Crippen molar-refractivity contribution >= 4 is 29.2 Å². The average molecular weight is 263 g/mol. The molecule has 2 rings (SSSR count). The lowest BCUT2D eigenvalue weighted by atomic mass is 10.1. The van der Waals surface area contributed by atoms with Crippen LogP contribution in [-0.2, 0) is 11.2 Å². The van der Waals surface area contributed by atoms with Crippen molar-refractivity contribution in [2.45, 2.75) is 10.8 Å². The van der Waals surface area contributed by atoms with Crippen molar-refractivity contribution in [2.75, 3.05) is 6.79 Å². The fourth-order valence-electron chi connectivity index (χ4n) is 1.38. The summed E-state index contributed by atoms with van der Waals surface area (Å²) in [6.07, 6.45) is 0.00207. The number of carboxylic acids is 1. The van der Waals surface area contributed by atoms with Crippen LogP contribution in [0.2, 0.25) is 0 Å². The number of carboxylic acid groups (broad SMARTS) is 1. The van der Waals surface area contributed by atoms with Crippen molar-refractivity contribution < 1.29 is 19.4 Å². The average Bonchev–Trinajstić information content (AvgIpc) is 2.63. The van der Waals surface area contributed by atoms with E-state index in [0.29, 0.717) is 17.1 Å². The van der Waals surface area contributed by atoms with Crippen LogP contribution in [0.4, 0.5) is 0 Å². The zero-order valence-corrected chi connectivity index (χ0v) is 9.59. The molecule has 0 spiro atoms. The molecule has 0 aromatic heterocycles. The van der Waals surface area contributed by atoms with Crippen LogP contribution < -0.4 is 9.47 Å². The molecular weight excluding hydrogens is 255 g/mol. The van der Waals surface area contributed by atoms with Crippen LogP contribution >= 0.6 is 23.2 Å². The molecule has 4 nitrogen and oxygen atoms in total. The number of ether oxygens (including phenoxy) is 2. The summed E-state index contributed by atoms with van der Waals surface area (Å²) in [4.78, 5) is 10.7. The molecule has 86 valence electrons. The lowest BCUT2D eigenvalue weighted by Crippen LogP contribution is -2.28. The Morgan fingerprint density at radius 2 is 2.06 bits per heavy atom. The highest BCUT2D eigenvalue weighted by molar-refractivity contribution is 6.57. The largest absolute Gasteiger partial charge is 0.479 e. The van der Waals surface area contributed by atoms with Gasteiger partial charge in [0.15, 0.2) is 11.5 Å². The minimum absolute atomic E-state index is 0.00207. The zero-order valence-electron chi connectivity index (χ0n) is 8.07. The van der Waals surface area contributed by atoms with Gasteiger partial charge in [-0.05, 0) is 17.7 Å². The first kappa shape index (κ1) is 11.4. The Morgan fingerprint density at radius 1 is 1.38 bits per heavy atom. The van der Waals surface area contributed by atoms with Gasteiger partial charge >= 0.3 is 5.97 Å². The quantitative estimate of drug-likeness (QED) is 0.849. The Morgan fingerprint density at radius 3 is 2.75 bits per heavy atom. The number of fused-ring (bicyclic) bond motifs is 1. The Bertz CT molecular complexity index is 431.